The summed E-state index contributed by atoms with van der Waals surface area (Å²) < 4.78 is 37.4. The van der Waals surface area contributed by atoms with Crippen LogP contribution in [-0.4, -0.2) is 41.5 Å². The summed E-state index contributed by atoms with van der Waals surface area (Å²) >= 11 is 0. The van der Waals surface area contributed by atoms with E-state index in [0.29, 0.717) is 31.2 Å². The predicted molar refractivity (Wildman–Crippen MR) is 69.7 cm³/mol. The van der Waals surface area contributed by atoms with Gasteiger partial charge in [-0.25, -0.2) is 0 Å². The number of fused-ring (bicyclic) bond motifs is 1. The van der Waals surface area contributed by atoms with E-state index in [9.17, 15) is 18.0 Å². The fourth-order valence-electron chi connectivity index (χ4n) is 3.06. The van der Waals surface area contributed by atoms with E-state index in [-0.39, 0.29) is 11.6 Å². The lowest BCUT2D eigenvalue weighted by Gasteiger charge is -2.24. The van der Waals surface area contributed by atoms with E-state index < -0.39 is 11.7 Å². The van der Waals surface area contributed by atoms with Crippen molar-refractivity contribution in [3.05, 3.63) is 29.6 Å². The minimum Gasteiger partial charge on any atom is -0.335 e. The summed E-state index contributed by atoms with van der Waals surface area (Å²) in [6.45, 7) is 2.22. The minimum absolute atomic E-state index is 0.0710. The first-order valence-corrected chi connectivity index (χ1v) is 7.01. The third-order valence-corrected chi connectivity index (χ3v) is 4.20. The van der Waals surface area contributed by atoms with Crippen LogP contribution in [0.3, 0.4) is 0 Å². The molecule has 7 heteroatoms. The number of likely N-dealkylation sites (tertiary alicyclic amines) is 1. The second-order valence-electron chi connectivity index (χ2n) is 5.60. The lowest BCUT2D eigenvalue weighted by molar-refractivity contribution is -0.137. The summed E-state index contributed by atoms with van der Waals surface area (Å²) in [6.07, 6.45) is -1.53. The van der Waals surface area contributed by atoms with Crippen LogP contribution in [0.4, 0.5) is 13.2 Å². The van der Waals surface area contributed by atoms with Crippen molar-refractivity contribution in [2.75, 3.05) is 19.6 Å². The van der Waals surface area contributed by atoms with Crippen LogP contribution in [0.5, 0.6) is 0 Å². The minimum atomic E-state index is -4.43. The second-order valence-corrected chi connectivity index (χ2v) is 5.60. The molecule has 1 amide bonds. The van der Waals surface area contributed by atoms with E-state index in [4.69, 9.17) is 0 Å². The highest BCUT2D eigenvalue weighted by atomic mass is 19.4. The molecule has 1 N–H and O–H groups in total. The molecule has 1 aromatic heterocycles. The van der Waals surface area contributed by atoms with Gasteiger partial charge in [-0.1, -0.05) is 0 Å². The van der Waals surface area contributed by atoms with Gasteiger partial charge < -0.3 is 10.2 Å². The number of alkyl halides is 3. The Labute approximate surface area is 120 Å². The molecule has 114 valence electrons. The molecule has 4 nitrogen and oxygen atoms in total. The number of nitrogens with one attached hydrogen (secondary N) is 1. The molecule has 0 saturated carbocycles. The summed E-state index contributed by atoms with van der Waals surface area (Å²) in [5, 5.41) is 3.38. The van der Waals surface area contributed by atoms with Gasteiger partial charge >= 0.3 is 6.18 Å². The van der Waals surface area contributed by atoms with E-state index in [1.54, 1.807) is 4.90 Å². The number of nitrogens with zero attached hydrogens (tertiary/aromatic N) is 2. The molecule has 2 aliphatic heterocycles. The Morgan fingerprint density at radius 1 is 1.33 bits per heavy atom. The first-order chi connectivity index (χ1) is 9.95. The van der Waals surface area contributed by atoms with Crippen molar-refractivity contribution in [3.8, 4) is 0 Å². The molecule has 1 aromatic rings. The largest absolute Gasteiger partial charge is 0.417 e. The number of pyridine rings is 1. The molecule has 2 unspecified atom stereocenters. The average molecular weight is 299 g/mol. The van der Waals surface area contributed by atoms with Crippen molar-refractivity contribution >= 4 is 5.91 Å². The maximum absolute atomic E-state index is 12.5. The summed E-state index contributed by atoms with van der Waals surface area (Å²) in [6, 6.07) is 2.36. The zero-order valence-corrected chi connectivity index (χ0v) is 11.4. The van der Waals surface area contributed by atoms with Gasteiger partial charge in [0.25, 0.3) is 5.91 Å². The highest BCUT2D eigenvalue weighted by Crippen LogP contribution is 2.29. The van der Waals surface area contributed by atoms with Crippen molar-refractivity contribution in [1.29, 1.82) is 0 Å². The van der Waals surface area contributed by atoms with Gasteiger partial charge in [0.2, 0.25) is 0 Å². The van der Waals surface area contributed by atoms with Crippen LogP contribution in [0, 0.1) is 5.92 Å². The fourth-order valence-corrected chi connectivity index (χ4v) is 3.06. The van der Waals surface area contributed by atoms with Crippen LogP contribution in [0.15, 0.2) is 18.3 Å². The lowest BCUT2D eigenvalue weighted by Crippen LogP contribution is -2.41. The topological polar surface area (TPSA) is 45.2 Å². The predicted octanol–water partition coefficient (Wildman–Crippen LogP) is 1.92. The first-order valence-electron chi connectivity index (χ1n) is 7.01. The third-order valence-electron chi connectivity index (χ3n) is 4.20. The molecule has 3 rings (SSSR count). The molecule has 0 aromatic carbocycles. The molecule has 0 aliphatic carbocycles. The molecule has 0 spiro atoms. The van der Waals surface area contributed by atoms with E-state index >= 15 is 0 Å². The van der Waals surface area contributed by atoms with Crippen LogP contribution < -0.4 is 5.32 Å². The fraction of sp³-hybridized carbons (Fsp3) is 0.571. The van der Waals surface area contributed by atoms with Crippen LogP contribution in [0.1, 0.15) is 28.9 Å². The van der Waals surface area contributed by atoms with Crippen LogP contribution in [-0.2, 0) is 6.18 Å². The SMILES string of the molecule is O=C(c1ccc(C(F)(F)F)cn1)N1CC2CCCNC2C1. The van der Waals surface area contributed by atoms with Gasteiger partial charge in [0.15, 0.2) is 0 Å². The molecule has 2 fully saturated rings. The van der Waals surface area contributed by atoms with Crippen molar-refractivity contribution < 1.29 is 18.0 Å². The summed E-state index contributed by atoms with van der Waals surface area (Å²) in [7, 11) is 0. The van der Waals surface area contributed by atoms with Crippen molar-refractivity contribution in [1.82, 2.24) is 15.2 Å². The molecule has 21 heavy (non-hydrogen) atoms. The van der Waals surface area contributed by atoms with Crippen LogP contribution >= 0.6 is 0 Å². The van der Waals surface area contributed by atoms with Gasteiger partial charge in [-0.3, -0.25) is 9.78 Å². The van der Waals surface area contributed by atoms with Crippen molar-refractivity contribution in [2.45, 2.75) is 25.1 Å². The number of rotatable bonds is 1. The number of piperidine rings is 1. The Hall–Kier alpha value is -1.63. The zero-order chi connectivity index (χ0) is 15.0. The smallest absolute Gasteiger partial charge is 0.335 e. The first kappa shape index (κ1) is 14.3. The number of amides is 1. The van der Waals surface area contributed by atoms with Crippen molar-refractivity contribution in [2.24, 2.45) is 5.92 Å². The average Bonchev–Trinajstić information content (AvgIpc) is 2.89. The maximum atomic E-state index is 12.5. The van der Waals surface area contributed by atoms with Gasteiger partial charge in [0, 0.05) is 25.3 Å². The third kappa shape index (κ3) is 2.88. The Balaban J connectivity index is 1.71. The lowest BCUT2D eigenvalue weighted by atomic mass is 9.94. The normalized spacial score (nSPS) is 25.8. The molecule has 2 aliphatic rings. The number of aromatic nitrogens is 1. The molecular weight excluding hydrogens is 283 g/mol. The number of halogens is 3. The summed E-state index contributed by atoms with van der Waals surface area (Å²) in [4.78, 5) is 17.7. The van der Waals surface area contributed by atoms with E-state index in [1.165, 1.54) is 0 Å². The van der Waals surface area contributed by atoms with E-state index in [2.05, 4.69) is 10.3 Å². The number of hydrogen-bond donors (Lipinski definition) is 1. The maximum Gasteiger partial charge on any atom is 0.417 e. The number of carbonyl (C=O) groups is 1. The van der Waals surface area contributed by atoms with Crippen LogP contribution in [0.2, 0.25) is 0 Å². The summed E-state index contributed by atoms with van der Waals surface area (Å²) in [5.41, 5.74) is -0.766. The Kier molecular flexibility index (Phi) is 3.61. The monoisotopic (exact) mass is 299 g/mol. The van der Waals surface area contributed by atoms with Gasteiger partial charge in [0.05, 0.1) is 5.56 Å². The van der Waals surface area contributed by atoms with Gasteiger partial charge in [-0.2, -0.15) is 13.2 Å². The van der Waals surface area contributed by atoms with Crippen LogP contribution in [0.25, 0.3) is 0 Å². The Bertz CT molecular complexity index is 515. The molecule has 0 bridgehead atoms. The molecule has 0 radical (unpaired) electrons. The second kappa shape index (κ2) is 5.29. The number of hydrogen-bond acceptors (Lipinski definition) is 3. The van der Waals surface area contributed by atoms with Crippen molar-refractivity contribution in [3.63, 3.8) is 0 Å². The summed E-state index contributed by atoms with van der Waals surface area (Å²) in [5.74, 6) is 0.150. The van der Waals surface area contributed by atoms with E-state index in [1.807, 2.05) is 0 Å². The Morgan fingerprint density at radius 2 is 2.14 bits per heavy atom. The van der Waals surface area contributed by atoms with Gasteiger partial charge in [-0.15, -0.1) is 0 Å². The molecule has 2 saturated heterocycles. The highest BCUT2D eigenvalue weighted by Gasteiger charge is 2.37. The number of carbonyl (C=O) groups excluding carboxylic acids is 1. The van der Waals surface area contributed by atoms with Gasteiger partial charge in [0.1, 0.15) is 5.69 Å². The molecular formula is C14H16F3N3O. The highest BCUT2D eigenvalue weighted by molar-refractivity contribution is 5.92. The van der Waals surface area contributed by atoms with E-state index in [0.717, 1.165) is 31.5 Å². The van der Waals surface area contributed by atoms with Gasteiger partial charge in [-0.05, 0) is 37.4 Å². The standard InChI is InChI=1S/C14H16F3N3O/c15-14(16,17)10-3-4-11(19-6-10)13(21)20-7-9-2-1-5-18-12(9)8-20/h3-4,6,9,12,18H,1-2,5,7-8H2. The quantitative estimate of drug-likeness (QED) is 0.862. The Morgan fingerprint density at radius 3 is 2.76 bits per heavy atom. The molecule has 3 heterocycles. The molecule has 2 atom stereocenters. The zero-order valence-electron chi connectivity index (χ0n) is 11.4.